The summed E-state index contributed by atoms with van der Waals surface area (Å²) in [5.74, 6) is -0.738. The zero-order chi connectivity index (χ0) is 22.3. The standard InChI is InChI=1S/C20H17N5O5S/c26-20(23-22-14-16-7-4-5-12-21-16)15-24(17-8-6-9-18(13-17)25(27)28)31(29,30)19-10-2-1-3-11-19/h1-14H,15H2,(H,23,26). The maximum absolute atomic E-state index is 13.2. The van der Waals surface area contributed by atoms with Crippen molar-refractivity contribution in [1.82, 2.24) is 10.4 Å². The SMILES string of the molecule is O=C(CN(c1cccc([N+](=O)[O-])c1)S(=O)(=O)c1ccccc1)NN=Cc1ccccn1. The van der Waals surface area contributed by atoms with Crippen LogP contribution in [0.5, 0.6) is 0 Å². The zero-order valence-corrected chi connectivity index (χ0v) is 16.8. The quantitative estimate of drug-likeness (QED) is 0.325. The fourth-order valence-electron chi connectivity index (χ4n) is 2.58. The Bertz CT molecular complexity index is 1200. The lowest BCUT2D eigenvalue weighted by atomic mass is 10.3. The second-order valence-electron chi connectivity index (χ2n) is 6.15. The molecule has 0 atom stereocenters. The van der Waals surface area contributed by atoms with E-state index in [1.807, 2.05) is 0 Å². The molecule has 2 aromatic carbocycles. The van der Waals surface area contributed by atoms with Crippen LogP contribution in [0.2, 0.25) is 0 Å². The van der Waals surface area contributed by atoms with E-state index in [1.54, 1.807) is 30.5 Å². The number of nitrogens with one attached hydrogen (secondary N) is 1. The van der Waals surface area contributed by atoms with Gasteiger partial charge in [-0.1, -0.05) is 30.3 Å². The summed E-state index contributed by atoms with van der Waals surface area (Å²) in [6.45, 7) is -0.641. The van der Waals surface area contributed by atoms with Crippen LogP contribution < -0.4 is 9.73 Å². The molecule has 10 nitrogen and oxygen atoms in total. The highest BCUT2D eigenvalue weighted by molar-refractivity contribution is 7.92. The van der Waals surface area contributed by atoms with Crippen molar-refractivity contribution in [1.29, 1.82) is 0 Å². The Morgan fingerprint density at radius 2 is 1.84 bits per heavy atom. The number of rotatable bonds is 8. The number of benzene rings is 2. The number of pyridine rings is 1. The van der Waals surface area contributed by atoms with Crippen molar-refractivity contribution in [2.45, 2.75) is 4.90 Å². The zero-order valence-electron chi connectivity index (χ0n) is 16.0. The minimum Gasteiger partial charge on any atom is -0.271 e. The molecule has 0 radical (unpaired) electrons. The van der Waals surface area contributed by atoms with Gasteiger partial charge in [-0.05, 0) is 30.3 Å². The summed E-state index contributed by atoms with van der Waals surface area (Å²) >= 11 is 0. The van der Waals surface area contributed by atoms with E-state index in [9.17, 15) is 23.3 Å². The second kappa shape index (κ2) is 9.59. The van der Waals surface area contributed by atoms with Gasteiger partial charge in [-0.15, -0.1) is 0 Å². The van der Waals surface area contributed by atoms with Gasteiger partial charge in [0.05, 0.1) is 27.4 Å². The highest BCUT2D eigenvalue weighted by Gasteiger charge is 2.28. The van der Waals surface area contributed by atoms with Crippen molar-refractivity contribution in [2.75, 3.05) is 10.8 Å². The number of hydrazone groups is 1. The third kappa shape index (κ3) is 5.48. The number of carbonyl (C=O) groups excluding carboxylic acids is 1. The van der Waals surface area contributed by atoms with Gasteiger partial charge >= 0.3 is 0 Å². The lowest BCUT2D eigenvalue weighted by molar-refractivity contribution is -0.384. The summed E-state index contributed by atoms with van der Waals surface area (Å²) in [4.78, 5) is 26.9. The Morgan fingerprint density at radius 1 is 1.10 bits per heavy atom. The van der Waals surface area contributed by atoms with Crippen molar-refractivity contribution < 1.29 is 18.1 Å². The van der Waals surface area contributed by atoms with Crippen LogP contribution in [0.3, 0.4) is 0 Å². The van der Waals surface area contributed by atoms with Crippen LogP contribution in [0.25, 0.3) is 0 Å². The third-order valence-corrected chi connectivity index (χ3v) is 5.81. The van der Waals surface area contributed by atoms with Gasteiger partial charge in [0.15, 0.2) is 0 Å². The Kier molecular flexibility index (Phi) is 6.67. The van der Waals surface area contributed by atoms with Crippen molar-refractivity contribution >= 4 is 33.5 Å². The number of nitro benzene ring substituents is 1. The summed E-state index contributed by atoms with van der Waals surface area (Å²) in [5.41, 5.74) is 2.41. The minimum absolute atomic E-state index is 0.0260. The van der Waals surface area contributed by atoms with Gasteiger partial charge in [-0.25, -0.2) is 13.8 Å². The maximum Gasteiger partial charge on any atom is 0.271 e. The summed E-state index contributed by atoms with van der Waals surface area (Å²) in [6, 6.07) is 17.6. The number of hydrogen-bond donors (Lipinski definition) is 1. The fraction of sp³-hybridized carbons (Fsp3) is 0.0500. The molecular formula is C20H17N5O5S. The van der Waals surface area contributed by atoms with Gasteiger partial charge in [-0.2, -0.15) is 5.10 Å². The number of amides is 1. The number of carbonyl (C=O) groups is 1. The summed E-state index contributed by atoms with van der Waals surface area (Å²) < 4.78 is 27.1. The van der Waals surface area contributed by atoms with Crippen LogP contribution in [0.4, 0.5) is 11.4 Å². The van der Waals surface area contributed by atoms with Gasteiger partial charge in [-0.3, -0.25) is 24.2 Å². The number of aromatic nitrogens is 1. The van der Waals surface area contributed by atoms with Crippen LogP contribution in [0.1, 0.15) is 5.69 Å². The van der Waals surface area contributed by atoms with Crippen LogP contribution in [-0.4, -0.2) is 37.0 Å². The highest BCUT2D eigenvalue weighted by atomic mass is 32.2. The van der Waals surface area contributed by atoms with Crippen LogP contribution in [0.15, 0.2) is 89.0 Å². The van der Waals surface area contributed by atoms with E-state index < -0.39 is 27.4 Å². The molecule has 0 aliphatic heterocycles. The molecular weight excluding hydrogens is 422 g/mol. The lowest BCUT2D eigenvalue weighted by Gasteiger charge is -2.23. The molecule has 0 saturated heterocycles. The fourth-order valence-corrected chi connectivity index (χ4v) is 4.02. The first kappa shape index (κ1) is 21.6. The van der Waals surface area contributed by atoms with E-state index in [2.05, 4.69) is 15.5 Å². The average Bonchev–Trinajstić information content (AvgIpc) is 2.79. The molecule has 3 aromatic rings. The average molecular weight is 439 g/mol. The lowest BCUT2D eigenvalue weighted by Crippen LogP contribution is -2.39. The largest absolute Gasteiger partial charge is 0.271 e. The molecule has 0 bridgehead atoms. The van der Waals surface area contributed by atoms with Gasteiger partial charge in [0.2, 0.25) is 0 Å². The molecule has 0 aliphatic rings. The molecule has 0 spiro atoms. The predicted molar refractivity (Wildman–Crippen MR) is 114 cm³/mol. The minimum atomic E-state index is -4.18. The van der Waals surface area contributed by atoms with Crippen LogP contribution >= 0.6 is 0 Å². The molecule has 11 heteroatoms. The van der Waals surface area contributed by atoms with E-state index in [-0.39, 0.29) is 16.3 Å². The Balaban J connectivity index is 1.89. The molecule has 1 N–H and O–H groups in total. The van der Waals surface area contributed by atoms with Crippen LogP contribution in [-0.2, 0) is 14.8 Å². The topological polar surface area (TPSA) is 135 Å². The van der Waals surface area contributed by atoms with E-state index in [0.717, 1.165) is 10.4 Å². The molecule has 0 aliphatic carbocycles. The third-order valence-electron chi connectivity index (χ3n) is 4.02. The Hall–Kier alpha value is -4.12. The van der Waals surface area contributed by atoms with Crippen molar-refractivity contribution in [3.63, 3.8) is 0 Å². The first-order valence-electron chi connectivity index (χ1n) is 8.93. The summed E-state index contributed by atoms with van der Waals surface area (Å²) in [7, 11) is -4.18. The first-order chi connectivity index (χ1) is 14.9. The smallest absolute Gasteiger partial charge is 0.271 e. The number of anilines is 1. The predicted octanol–water partition coefficient (Wildman–Crippen LogP) is 2.34. The molecule has 1 aromatic heterocycles. The van der Waals surface area contributed by atoms with Crippen LogP contribution in [0, 0.1) is 10.1 Å². The van der Waals surface area contributed by atoms with E-state index >= 15 is 0 Å². The highest BCUT2D eigenvalue weighted by Crippen LogP contribution is 2.26. The number of nitrogens with zero attached hydrogens (tertiary/aromatic N) is 4. The molecule has 158 valence electrons. The second-order valence-corrected chi connectivity index (χ2v) is 8.01. The first-order valence-corrected chi connectivity index (χ1v) is 10.4. The molecule has 31 heavy (non-hydrogen) atoms. The molecule has 0 fully saturated rings. The van der Waals surface area contributed by atoms with Gasteiger partial charge < -0.3 is 0 Å². The summed E-state index contributed by atoms with van der Waals surface area (Å²) in [5, 5.41) is 14.9. The number of nitro groups is 1. The van der Waals surface area contributed by atoms with E-state index in [0.29, 0.717) is 5.69 Å². The monoisotopic (exact) mass is 439 g/mol. The van der Waals surface area contributed by atoms with Crippen molar-refractivity contribution in [2.24, 2.45) is 5.10 Å². The van der Waals surface area contributed by atoms with E-state index in [1.165, 1.54) is 48.7 Å². The Morgan fingerprint density at radius 3 is 2.52 bits per heavy atom. The number of hydrogen-bond acceptors (Lipinski definition) is 7. The molecule has 3 rings (SSSR count). The number of non-ortho nitro benzene ring substituents is 1. The molecule has 1 amide bonds. The van der Waals surface area contributed by atoms with Gasteiger partial charge in [0, 0.05) is 18.3 Å². The van der Waals surface area contributed by atoms with Gasteiger partial charge in [0.1, 0.15) is 6.54 Å². The van der Waals surface area contributed by atoms with Gasteiger partial charge in [0.25, 0.3) is 21.6 Å². The molecule has 1 heterocycles. The maximum atomic E-state index is 13.2. The van der Waals surface area contributed by atoms with E-state index in [4.69, 9.17) is 0 Å². The molecule has 0 unspecified atom stereocenters. The molecule has 0 saturated carbocycles. The van der Waals surface area contributed by atoms with Crippen molar-refractivity contribution in [3.05, 3.63) is 94.8 Å². The number of sulfonamides is 1. The summed E-state index contributed by atoms with van der Waals surface area (Å²) in [6.07, 6.45) is 2.86. The Labute approximate surface area is 178 Å². The van der Waals surface area contributed by atoms with Crippen molar-refractivity contribution in [3.8, 4) is 0 Å². The normalized spacial score (nSPS) is 11.2.